The number of hydrogen-bond donors (Lipinski definition) is 0. The Morgan fingerprint density at radius 1 is 1.07 bits per heavy atom. The van der Waals surface area contributed by atoms with Crippen molar-refractivity contribution in [1.82, 2.24) is 4.90 Å². The van der Waals surface area contributed by atoms with Gasteiger partial charge in [-0.05, 0) is 41.8 Å². The van der Waals surface area contributed by atoms with E-state index in [0.29, 0.717) is 5.56 Å². The van der Waals surface area contributed by atoms with Crippen molar-refractivity contribution in [3.8, 4) is 6.07 Å². The van der Waals surface area contributed by atoms with Crippen LogP contribution in [-0.2, 0) is 22.8 Å². The number of amides is 2. The van der Waals surface area contributed by atoms with Crippen molar-refractivity contribution in [2.45, 2.75) is 32.0 Å². The van der Waals surface area contributed by atoms with E-state index in [1.54, 1.807) is 28.0 Å². The molecule has 4 rings (SSSR count). The number of urea groups is 1. The van der Waals surface area contributed by atoms with Crippen LogP contribution in [0.4, 0.5) is 10.5 Å². The highest BCUT2D eigenvalue weighted by molar-refractivity contribution is 7.91. The van der Waals surface area contributed by atoms with E-state index in [0.717, 1.165) is 23.2 Å². The quantitative estimate of drug-likeness (QED) is 0.746. The molecule has 0 radical (unpaired) electrons. The molecule has 2 aromatic rings. The molecule has 2 aliphatic rings. The average Bonchev–Trinajstić information content (AvgIpc) is 3.12. The maximum absolute atomic E-state index is 13.2. The van der Waals surface area contributed by atoms with Crippen LogP contribution in [0, 0.1) is 11.3 Å². The summed E-state index contributed by atoms with van der Waals surface area (Å²) in [7, 11) is -3.21. The molecule has 7 heteroatoms. The summed E-state index contributed by atoms with van der Waals surface area (Å²) in [5, 5.41) is 9.11. The number of anilines is 1. The lowest BCUT2D eigenvalue weighted by Gasteiger charge is -2.23. The minimum absolute atomic E-state index is 0.0202. The van der Waals surface area contributed by atoms with E-state index < -0.39 is 9.84 Å². The molecular weight excluding hydrogens is 374 g/mol. The van der Waals surface area contributed by atoms with Crippen LogP contribution in [0.15, 0.2) is 48.5 Å². The SMILES string of the molecule is CCc1ccc(N2C(=O)N(Cc3cccc(C#N)c3)[C@H]3CS(=O)(=O)C[C@@H]32)cc1. The predicted octanol–water partition coefficient (Wildman–Crippen LogP) is 2.73. The fraction of sp³-hybridized carbons (Fsp3) is 0.333. The van der Waals surface area contributed by atoms with E-state index in [-0.39, 0.29) is 36.2 Å². The lowest BCUT2D eigenvalue weighted by atomic mass is 10.1. The number of carbonyl (C=O) groups excluding carboxylic acids is 1. The molecule has 2 aliphatic heterocycles. The first-order valence-corrected chi connectivity index (χ1v) is 11.1. The molecule has 0 unspecified atom stereocenters. The van der Waals surface area contributed by atoms with Crippen LogP contribution < -0.4 is 4.90 Å². The van der Waals surface area contributed by atoms with Gasteiger partial charge in [-0.1, -0.05) is 31.2 Å². The van der Waals surface area contributed by atoms with Gasteiger partial charge in [-0.2, -0.15) is 5.26 Å². The van der Waals surface area contributed by atoms with Gasteiger partial charge in [-0.15, -0.1) is 0 Å². The van der Waals surface area contributed by atoms with Crippen LogP contribution in [0.2, 0.25) is 0 Å². The Morgan fingerprint density at radius 3 is 2.46 bits per heavy atom. The number of aryl methyl sites for hydroxylation is 1. The first-order chi connectivity index (χ1) is 13.4. The Bertz CT molecular complexity index is 1060. The number of fused-ring (bicyclic) bond motifs is 1. The summed E-state index contributed by atoms with van der Waals surface area (Å²) >= 11 is 0. The lowest BCUT2D eigenvalue weighted by Crippen LogP contribution is -2.37. The molecule has 2 saturated heterocycles. The van der Waals surface area contributed by atoms with Gasteiger partial charge in [0.1, 0.15) is 0 Å². The maximum atomic E-state index is 13.2. The number of nitriles is 1. The third-order valence-electron chi connectivity index (χ3n) is 5.51. The number of benzene rings is 2. The number of rotatable bonds is 4. The molecule has 2 aromatic carbocycles. The third kappa shape index (κ3) is 3.25. The smallest absolute Gasteiger partial charge is 0.314 e. The van der Waals surface area contributed by atoms with Gasteiger partial charge in [-0.25, -0.2) is 13.2 Å². The molecule has 0 aliphatic carbocycles. The van der Waals surface area contributed by atoms with Crippen molar-refractivity contribution in [3.63, 3.8) is 0 Å². The van der Waals surface area contributed by atoms with E-state index in [2.05, 4.69) is 13.0 Å². The van der Waals surface area contributed by atoms with Crippen molar-refractivity contribution in [1.29, 1.82) is 5.26 Å². The zero-order valence-corrected chi connectivity index (χ0v) is 16.4. The topological polar surface area (TPSA) is 81.5 Å². The Morgan fingerprint density at radius 2 is 1.79 bits per heavy atom. The minimum Gasteiger partial charge on any atom is -0.314 e. The normalized spacial score (nSPS) is 22.9. The second-order valence-corrected chi connectivity index (χ2v) is 9.48. The zero-order valence-electron chi connectivity index (χ0n) is 15.6. The summed E-state index contributed by atoms with van der Waals surface area (Å²) in [5.41, 5.74) is 3.23. The highest BCUT2D eigenvalue weighted by Gasteiger charge is 2.53. The van der Waals surface area contributed by atoms with Crippen molar-refractivity contribution in [2.75, 3.05) is 16.4 Å². The van der Waals surface area contributed by atoms with E-state index in [1.807, 2.05) is 30.3 Å². The molecule has 28 heavy (non-hydrogen) atoms. The third-order valence-corrected chi connectivity index (χ3v) is 7.21. The van der Waals surface area contributed by atoms with Crippen molar-refractivity contribution in [3.05, 3.63) is 65.2 Å². The highest BCUT2D eigenvalue weighted by atomic mass is 32.2. The number of hydrogen-bond acceptors (Lipinski definition) is 4. The van der Waals surface area contributed by atoms with E-state index in [1.165, 1.54) is 0 Å². The van der Waals surface area contributed by atoms with Crippen LogP contribution in [0.1, 0.15) is 23.6 Å². The first-order valence-electron chi connectivity index (χ1n) is 9.30. The van der Waals surface area contributed by atoms with Gasteiger partial charge in [0.25, 0.3) is 0 Å². The van der Waals surface area contributed by atoms with Crippen LogP contribution in [0.25, 0.3) is 0 Å². The Labute approximate surface area is 164 Å². The van der Waals surface area contributed by atoms with Crippen LogP contribution in [-0.4, -0.2) is 42.9 Å². The molecule has 6 nitrogen and oxygen atoms in total. The Hall–Kier alpha value is -2.85. The second-order valence-electron chi connectivity index (χ2n) is 7.32. The predicted molar refractivity (Wildman–Crippen MR) is 107 cm³/mol. The first kappa shape index (κ1) is 18.5. The molecule has 2 heterocycles. The number of nitrogens with zero attached hydrogens (tertiary/aromatic N) is 3. The Balaban J connectivity index is 1.68. The summed E-state index contributed by atoms with van der Waals surface area (Å²) in [6.07, 6.45) is 0.899. The van der Waals surface area contributed by atoms with Crippen molar-refractivity contribution < 1.29 is 13.2 Å². The molecule has 2 amide bonds. The molecule has 2 fully saturated rings. The monoisotopic (exact) mass is 395 g/mol. The summed E-state index contributed by atoms with van der Waals surface area (Å²) in [4.78, 5) is 16.5. The molecule has 0 spiro atoms. The van der Waals surface area contributed by atoms with Gasteiger partial charge in [0, 0.05) is 12.2 Å². The van der Waals surface area contributed by atoms with Gasteiger partial charge in [0.05, 0.1) is 35.2 Å². The summed E-state index contributed by atoms with van der Waals surface area (Å²) in [6.45, 7) is 2.35. The van der Waals surface area contributed by atoms with E-state index in [4.69, 9.17) is 5.26 Å². The minimum atomic E-state index is -3.21. The standard InChI is InChI=1S/C21H21N3O3S/c1-2-15-6-8-18(9-7-15)24-20-14-28(26,27)13-19(20)23(21(24)25)12-17-5-3-4-16(10-17)11-22/h3-10,19-20H,2,12-14H2,1H3/t19-,20-/m0/s1. The van der Waals surface area contributed by atoms with Crippen LogP contribution in [0.5, 0.6) is 0 Å². The number of carbonyl (C=O) groups is 1. The number of sulfone groups is 1. The van der Waals surface area contributed by atoms with Gasteiger partial charge >= 0.3 is 6.03 Å². The van der Waals surface area contributed by atoms with Crippen LogP contribution >= 0.6 is 0 Å². The van der Waals surface area contributed by atoms with Gasteiger partial charge in [0.2, 0.25) is 0 Å². The molecule has 0 N–H and O–H groups in total. The Kier molecular flexibility index (Phi) is 4.60. The van der Waals surface area contributed by atoms with Crippen molar-refractivity contribution >= 4 is 21.6 Å². The average molecular weight is 395 g/mol. The van der Waals surface area contributed by atoms with Gasteiger partial charge in [-0.3, -0.25) is 4.90 Å². The second kappa shape index (κ2) is 6.95. The summed E-state index contributed by atoms with van der Waals surface area (Å²) in [5.74, 6) is -0.0431. The highest BCUT2D eigenvalue weighted by Crippen LogP contribution is 2.36. The molecule has 0 aromatic heterocycles. The summed E-state index contributed by atoms with van der Waals surface area (Å²) in [6, 6.07) is 15.9. The largest absolute Gasteiger partial charge is 0.325 e. The van der Waals surface area contributed by atoms with E-state index in [9.17, 15) is 13.2 Å². The molecular formula is C21H21N3O3S. The summed E-state index contributed by atoms with van der Waals surface area (Å²) < 4.78 is 24.6. The van der Waals surface area contributed by atoms with Crippen molar-refractivity contribution in [2.24, 2.45) is 0 Å². The fourth-order valence-electron chi connectivity index (χ4n) is 4.09. The molecule has 2 atom stereocenters. The molecule has 144 valence electrons. The maximum Gasteiger partial charge on any atom is 0.325 e. The lowest BCUT2D eigenvalue weighted by molar-refractivity contribution is 0.206. The zero-order chi connectivity index (χ0) is 19.9. The molecule has 0 saturated carbocycles. The molecule has 0 bridgehead atoms. The van der Waals surface area contributed by atoms with Crippen LogP contribution in [0.3, 0.4) is 0 Å². The fourth-order valence-corrected chi connectivity index (χ4v) is 6.04. The van der Waals surface area contributed by atoms with Gasteiger partial charge < -0.3 is 4.90 Å². The van der Waals surface area contributed by atoms with E-state index >= 15 is 0 Å². The van der Waals surface area contributed by atoms with Gasteiger partial charge in [0.15, 0.2) is 9.84 Å².